The Balaban J connectivity index is 1.08. The second-order valence-corrected chi connectivity index (χ2v) is 13.0. The van der Waals surface area contributed by atoms with Gasteiger partial charge in [0.2, 0.25) is 0 Å². The number of furan rings is 1. The van der Waals surface area contributed by atoms with Crippen LogP contribution in [0, 0.1) is 0 Å². The third-order valence-electron chi connectivity index (χ3n) is 9.99. The minimum absolute atomic E-state index is 0.923. The molecule has 10 aromatic rings. The molecule has 0 unspecified atom stereocenters. The molecule has 0 aliphatic rings. The van der Waals surface area contributed by atoms with Crippen LogP contribution >= 0.6 is 0 Å². The lowest BCUT2D eigenvalue weighted by Crippen LogP contribution is -2.10. The molecular formula is C48H31NO. The fourth-order valence-electron chi connectivity index (χ4n) is 7.49. The molecule has 50 heavy (non-hydrogen) atoms. The van der Waals surface area contributed by atoms with Crippen LogP contribution in [-0.2, 0) is 0 Å². The minimum atomic E-state index is 0.923. The van der Waals surface area contributed by atoms with Crippen LogP contribution in [0.3, 0.4) is 0 Å². The van der Waals surface area contributed by atoms with E-state index in [1.807, 2.05) is 12.1 Å². The van der Waals surface area contributed by atoms with Crippen molar-refractivity contribution >= 4 is 71.3 Å². The van der Waals surface area contributed by atoms with Crippen molar-refractivity contribution in [1.82, 2.24) is 0 Å². The first-order chi connectivity index (χ1) is 24.7. The van der Waals surface area contributed by atoms with Gasteiger partial charge in [-0.25, -0.2) is 0 Å². The second kappa shape index (κ2) is 11.5. The van der Waals surface area contributed by atoms with E-state index in [2.05, 4.69) is 181 Å². The van der Waals surface area contributed by atoms with E-state index >= 15 is 0 Å². The average Bonchev–Trinajstić information content (AvgIpc) is 3.55. The van der Waals surface area contributed by atoms with Gasteiger partial charge in [0.25, 0.3) is 0 Å². The van der Waals surface area contributed by atoms with Crippen LogP contribution in [0.4, 0.5) is 17.1 Å². The monoisotopic (exact) mass is 637 g/mol. The van der Waals surface area contributed by atoms with Crippen molar-refractivity contribution in [3.05, 3.63) is 188 Å². The smallest absolute Gasteiger partial charge is 0.136 e. The molecule has 0 fully saturated rings. The number of hydrogen-bond acceptors (Lipinski definition) is 2. The van der Waals surface area contributed by atoms with Crippen LogP contribution < -0.4 is 4.90 Å². The van der Waals surface area contributed by atoms with Gasteiger partial charge in [0, 0.05) is 27.8 Å². The number of nitrogens with zero attached hydrogens (tertiary/aromatic N) is 1. The number of fused-ring (bicyclic) bond motifs is 7. The van der Waals surface area contributed by atoms with E-state index < -0.39 is 0 Å². The third-order valence-corrected chi connectivity index (χ3v) is 9.99. The molecule has 1 aromatic heterocycles. The Morgan fingerprint density at radius 2 is 0.920 bits per heavy atom. The molecule has 0 spiro atoms. The fourth-order valence-corrected chi connectivity index (χ4v) is 7.49. The van der Waals surface area contributed by atoms with Gasteiger partial charge >= 0.3 is 0 Å². The molecule has 1 heterocycles. The molecule has 0 aliphatic carbocycles. The molecule has 0 amide bonds. The Kier molecular flexibility index (Phi) is 6.53. The fraction of sp³-hybridized carbons (Fsp3) is 0. The van der Waals surface area contributed by atoms with Gasteiger partial charge in [0.15, 0.2) is 0 Å². The van der Waals surface area contributed by atoms with E-state index in [0.717, 1.165) is 39.0 Å². The lowest BCUT2D eigenvalue weighted by Gasteiger charge is -2.27. The van der Waals surface area contributed by atoms with E-state index in [4.69, 9.17) is 4.42 Å². The van der Waals surface area contributed by atoms with E-state index in [-0.39, 0.29) is 0 Å². The van der Waals surface area contributed by atoms with Gasteiger partial charge in [0.05, 0.1) is 0 Å². The van der Waals surface area contributed by atoms with E-state index in [1.165, 1.54) is 54.6 Å². The number of anilines is 3. The molecule has 2 nitrogen and oxygen atoms in total. The highest BCUT2D eigenvalue weighted by Crippen LogP contribution is 2.40. The second-order valence-electron chi connectivity index (χ2n) is 13.0. The largest absolute Gasteiger partial charge is 0.456 e. The predicted molar refractivity (Wildman–Crippen MR) is 212 cm³/mol. The molecule has 0 radical (unpaired) electrons. The van der Waals surface area contributed by atoms with Gasteiger partial charge < -0.3 is 9.32 Å². The SMILES string of the molecule is c1ccc(-c2cccc(N(c3ccc(-c4ccc5cc6oc7ccccc7c6cc5c4)cc3)c3ccc4c(ccc5ccccc54)c3)c2)cc1. The van der Waals surface area contributed by atoms with Crippen LogP contribution in [0.25, 0.3) is 76.5 Å². The van der Waals surface area contributed by atoms with Crippen molar-refractivity contribution in [2.75, 3.05) is 4.90 Å². The lowest BCUT2D eigenvalue weighted by molar-refractivity contribution is 0.669. The summed E-state index contributed by atoms with van der Waals surface area (Å²) >= 11 is 0. The lowest BCUT2D eigenvalue weighted by atomic mass is 9.99. The molecule has 0 N–H and O–H groups in total. The molecule has 0 saturated heterocycles. The molecule has 0 aliphatic heterocycles. The zero-order valence-corrected chi connectivity index (χ0v) is 27.3. The molecular weight excluding hydrogens is 607 g/mol. The number of hydrogen-bond donors (Lipinski definition) is 0. The summed E-state index contributed by atoms with van der Waals surface area (Å²) in [6, 6.07) is 67.7. The molecule has 0 bridgehead atoms. The summed E-state index contributed by atoms with van der Waals surface area (Å²) in [6.45, 7) is 0. The van der Waals surface area contributed by atoms with Crippen LogP contribution in [0.2, 0.25) is 0 Å². The Morgan fingerprint density at radius 1 is 0.280 bits per heavy atom. The zero-order chi connectivity index (χ0) is 33.0. The van der Waals surface area contributed by atoms with Gasteiger partial charge in [-0.15, -0.1) is 0 Å². The first kappa shape index (κ1) is 28.4. The Morgan fingerprint density at radius 3 is 1.82 bits per heavy atom. The summed E-state index contributed by atoms with van der Waals surface area (Å²) < 4.78 is 6.15. The molecule has 0 atom stereocenters. The topological polar surface area (TPSA) is 16.4 Å². The summed E-state index contributed by atoms with van der Waals surface area (Å²) in [4.78, 5) is 2.37. The van der Waals surface area contributed by atoms with Crippen molar-refractivity contribution in [2.45, 2.75) is 0 Å². The highest BCUT2D eigenvalue weighted by atomic mass is 16.3. The van der Waals surface area contributed by atoms with Gasteiger partial charge in [-0.05, 0) is 115 Å². The maximum Gasteiger partial charge on any atom is 0.136 e. The van der Waals surface area contributed by atoms with Crippen molar-refractivity contribution in [2.24, 2.45) is 0 Å². The van der Waals surface area contributed by atoms with Crippen molar-refractivity contribution in [3.63, 3.8) is 0 Å². The summed E-state index contributed by atoms with van der Waals surface area (Å²) in [6.07, 6.45) is 0. The number of benzene rings is 9. The first-order valence-corrected chi connectivity index (χ1v) is 17.1. The third kappa shape index (κ3) is 4.81. The Labute approximate surface area is 290 Å². The standard InChI is InChI=1S/C48H31NO/c1-2-9-32(10-3-1)35-12-8-13-41(28-35)49(42-25-26-44-38(29-42)20-17-34-11-4-5-14-43(34)44)40-23-21-33(22-24-40)36-18-19-37-31-48-46(30-39(37)27-36)45-15-6-7-16-47(45)50-48/h1-31H. The summed E-state index contributed by atoms with van der Waals surface area (Å²) in [5.41, 5.74) is 9.93. The van der Waals surface area contributed by atoms with Crippen LogP contribution in [0.5, 0.6) is 0 Å². The quantitative estimate of drug-likeness (QED) is 0.175. The molecule has 10 rings (SSSR count). The van der Waals surface area contributed by atoms with Gasteiger partial charge in [-0.1, -0.05) is 127 Å². The minimum Gasteiger partial charge on any atom is -0.456 e. The molecule has 234 valence electrons. The van der Waals surface area contributed by atoms with Crippen molar-refractivity contribution in [3.8, 4) is 22.3 Å². The van der Waals surface area contributed by atoms with E-state index in [1.54, 1.807) is 0 Å². The van der Waals surface area contributed by atoms with E-state index in [9.17, 15) is 0 Å². The Bertz CT molecular complexity index is 2870. The highest BCUT2D eigenvalue weighted by molar-refractivity contribution is 6.11. The van der Waals surface area contributed by atoms with Gasteiger partial charge in [-0.2, -0.15) is 0 Å². The number of rotatable bonds is 5. The maximum absolute atomic E-state index is 6.15. The molecule has 0 saturated carbocycles. The molecule has 9 aromatic carbocycles. The number of para-hydroxylation sites is 1. The van der Waals surface area contributed by atoms with Crippen LogP contribution in [-0.4, -0.2) is 0 Å². The summed E-state index contributed by atoms with van der Waals surface area (Å²) in [5, 5.41) is 9.69. The zero-order valence-electron chi connectivity index (χ0n) is 27.3. The Hall–Kier alpha value is -6.64. The summed E-state index contributed by atoms with van der Waals surface area (Å²) in [7, 11) is 0. The predicted octanol–water partition coefficient (Wildman–Crippen LogP) is 13.8. The summed E-state index contributed by atoms with van der Waals surface area (Å²) in [5.74, 6) is 0. The van der Waals surface area contributed by atoms with Crippen LogP contribution in [0.15, 0.2) is 192 Å². The highest BCUT2D eigenvalue weighted by Gasteiger charge is 2.16. The van der Waals surface area contributed by atoms with Crippen molar-refractivity contribution < 1.29 is 4.42 Å². The maximum atomic E-state index is 6.15. The van der Waals surface area contributed by atoms with E-state index in [0.29, 0.717) is 0 Å². The molecule has 2 heteroatoms. The first-order valence-electron chi connectivity index (χ1n) is 17.1. The van der Waals surface area contributed by atoms with Gasteiger partial charge in [0.1, 0.15) is 11.2 Å². The van der Waals surface area contributed by atoms with Crippen LogP contribution in [0.1, 0.15) is 0 Å². The van der Waals surface area contributed by atoms with Crippen molar-refractivity contribution in [1.29, 1.82) is 0 Å². The normalized spacial score (nSPS) is 11.6. The average molecular weight is 638 g/mol. The van der Waals surface area contributed by atoms with Gasteiger partial charge in [-0.3, -0.25) is 0 Å².